The summed E-state index contributed by atoms with van der Waals surface area (Å²) in [6.45, 7) is 1.36. The molecule has 3 aromatic heterocycles. The number of aliphatic hydroxyl groups excluding tert-OH is 1. The van der Waals surface area contributed by atoms with Crippen LogP contribution in [0.1, 0.15) is 12.5 Å². The zero-order valence-electron chi connectivity index (χ0n) is 16.4. The number of H-pyrrole nitrogens is 1. The number of benzene rings is 1. The minimum atomic E-state index is -1.19. The SMILES string of the molecule is C[C@H](O)C(=O)Nc1cc(-c2sc(-c3nnc[nH]3)c(-c3ccc(Cl)cc3Cl)c2C#N)ccn1. The molecular formula is C21H14Cl2N6O2S. The third kappa shape index (κ3) is 4.22. The van der Waals surface area contributed by atoms with Crippen molar-refractivity contribution < 1.29 is 9.90 Å². The first-order chi connectivity index (χ1) is 15.4. The molecule has 0 saturated carbocycles. The Morgan fingerprint density at radius 3 is 2.75 bits per heavy atom. The molecular weight excluding hydrogens is 471 g/mol. The quantitative estimate of drug-likeness (QED) is 0.374. The number of nitrogens with one attached hydrogen (secondary N) is 2. The zero-order chi connectivity index (χ0) is 22.8. The van der Waals surface area contributed by atoms with Crippen molar-refractivity contribution in [3.05, 3.63) is 58.5 Å². The van der Waals surface area contributed by atoms with Crippen molar-refractivity contribution in [3.8, 4) is 38.3 Å². The van der Waals surface area contributed by atoms with Gasteiger partial charge in [-0.15, -0.1) is 21.5 Å². The van der Waals surface area contributed by atoms with E-state index in [9.17, 15) is 15.2 Å². The van der Waals surface area contributed by atoms with E-state index in [1.165, 1.54) is 30.8 Å². The summed E-state index contributed by atoms with van der Waals surface area (Å²) in [5.74, 6) is 0.144. The monoisotopic (exact) mass is 484 g/mol. The molecule has 1 aromatic carbocycles. The third-order valence-corrected chi connectivity index (χ3v) is 6.30. The Balaban J connectivity index is 1.92. The molecule has 32 heavy (non-hydrogen) atoms. The molecule has 0 spiro atoms. The highest BCUT2D eigenvalue weighted by Gasteiger charge is 2.25. The number of aliphatic hydroxyl groups is 1. The van der Waals surface area contributed by atoms with Crippen LogP contribution in [-0.2, 0) is 4.79 Å². The molecule has 0 radical (unpaired) electrons. The van der Waals surface area contributed by atoms with Crippen molar-refractivity contribution in [2.24, 2.45) is 0 Å². The number of nitrogens with zero attached hydrogens (tertiary/aromatic N) is 4. The fourth-order valence-electron chi connectivity index (χ4n) is 3.04. The smallest absolute Gasteiger partial charge is 0.254 e. The van der Waals surface area contributed by atoms with Crippen molar-refractivity contribution in [1.29, 1.82) is 5.26 Å². The van der Waals surface area contributed by atoms with Crippen LogP contribution in [0.2, 0.25) is 10.0 Å². The Hall–Kier alpha value is -3.29. The first-order valence-corrected chi connectivity index (χ1v) is 10.8. The Bertz CT molecular complexity index is 1350. The highest BCUT2D eigenvalue weighted by atomic mass is 35.5. The fourth-order valence-corrected chi connectivity index (χ4v) is 4.76. The number of aromatic nitrogens is 4. The molecule has 160 valence electrons. The van der Waals surface area contributed by atoms with E-state index >= 15 is 0 Å². The Morgan fingerprint density at radius 2 is 2.09 bits per heavy atom. The van der Waals surface area contributed by atoms with Gasteiger partial charge in [0.15, 0.2) is 5.82 Å². The predicted octanol–water partition coefficient (Wildman–Crippen LogP) is 4.76. The minimum Gasteiger partial charge on any atom is -0.384 e. The van der Waals surface area contributed by atoms with Crippen LogP contribution >= 0.6 is 34.5 Å². The standard InChI is InChI=1S/C21H14Cl2N6O2S/c1-10(30)21(31)28-16-6-11(4-5-25-16)18-14(8-24)17(13-3-2-12(22)7-15(13)23)19(32-18)20-26-9-27-29-20/h2-7,9-10,30H,1H3,(H,25,28,31)(H,26,27,29)/t10-/m0/s1. The summed E-state index contributed by atoms with van der Waals surface area (Å²) in [5.41, 5.74) is 2.25. The number of thiophene rings is 1. The van der Waals surface area contributed by atoms with Gasteiger partial charge in [-0.2, -0.15) is 5.26 Å². The Morgan fingerprint density at radius 1 is 1.28 bits per heavy atom. The summed E-state index contributed by atoms with van der Waals surface area (Å²) < 4.78 is 0. The number of halogens is 2. The van der Waals surface area contributed by atoms with Crippen molar-refractivity contribution >= 4 is 46.3 Å². The molecule has 3 heterocycles. The number of hydrogen-bond acceptors (Lipinski definition) is 7. The van der Waals surface area contributed by atoms with Crippen LogP contribution in [0.15, 0.2) is 42.9 Å². The topological polar surface area (TPSA) is 128 Å². The minimum absolute atomic E-state index is 0.248. The zero-order valence-corrected chi connectivity index (χ0v) is 18.8. The van der Waals surface area contributed by atoms with Gasteiger partial charge >= 0.3 is 0 Å². The molecule has 1 amide bonds. The van der Waals surface area contributed by atoms with Crippen LogP contribution in [-0.4, -0.2) is 37.3 Å². The maximum atomic E-state index is 11.9. The summed E-state index contributed by atoms with van der Waals surface area (Å²) in [4.78, 5) is 20.2. The maximum Gasteiger partial charge on any atom is 0.254 e. The van der Waals surface area contributed by atoms with Crippen LogP contribution in [0.5, 0.6) is 0 Å². The van der Waals surface area contributed by atoms with Gasteiger partial charge in [0.05, 0.1) is 15.3 Å². The number of aromatic amines is 1. The predicted molar refractivity (Wildman–Crippen MR) is 123 cm³/mol. The fraction of sp³-hybridized carbons (Fsp3) is 0.0952. The van der Waals surface area contributed by atoms with Crippen molar-refractivity contribution in [2.75, 3.05) is 5.32 Å². The molecule has 3 N–H and O–H groups in total. The molecule has 1 atom stereocenters. The normalized spacial score (nSPS) is 11.7. The number of amides is 1. The summed E-state index contributed by atoms with van der Waals surface area (Å²) in [6.07, 6.45) is 1.77. The average molecular weight is 485 g/mol. The number of carbonyl (C=O) groups excluding carboxylic acids is 1. The van der Waals surface area contributed by atoms with Gasteiger partial charge in [-0.1, -0.05) is 29.3 Å². The molecule has 0 bridgehead atoms. The van der Waals surface area contributed by atoms with Crippen LogP contribution in [0.25, 0.3) is 32.3 Å². The molecule has 0 aliphatic carbocycles. The molecule has 4 aromatic rings. The van der Waals surface area contributed by atoms with Crippen LogP contribution in [0.4, 0.5) is 5.82 Å². The molecule has 0 unspecified atom stereocenters. The van der Waals surface area contributed by atoms with Gasteiger partial charge in [0.1, 0.15) is 24.3 Å². The van der Waals surface area contributed by atoms with Crippen molar-refractivity contribution in [2.45, 2.75) is 13.0 Å². The first kappa shape index (κ1) is 21.9. The molecule has 0 fully saturated rings. The second kappa shape index (κ2) is 9.06. The average Bonchev–Trinajstić information content (AvgIpc) is 3.41. The van der Waals surface area contributed by atoms with Gasteiger partial charge in [0.2, 0.25) is 0 Å². The van der Waals surface area contributed by atoms with Crippen LogP contribution in [0.3, 0.4) is 0 Å². The summed E-state index contributed by atoms with van der Waals surface area (Å²) in [6, 6.07) is 10.7. The molecule has 0 saturated heterocycles. The van der Waals surface area contributed by atoms with E-state index in [2.05, 4.69) is 31.6 Å². The van der Waals surface area contributed by atoms with Crippen molar-refractivity contribution in [1.82, 2.24) is 20.2 Å². The molecule has 11 heteroatoms. The highest BCUT2D eigenvalue weighted by molar-refractivity contribution is 7.19. The number of nitriles is 1. The second-order valence-electron chi connectivity index (χ2n) is 6.68. The van der Waals surface area contributed by atoms with Crippen molar-refractivity contribution in [3.63, 3.8) is 0 Å². The van der Waals surface area contributed by atoms with E-state index in [0.29, 0.717) is 47.9 Å². The molecule has 0 aliphatic rings. The maximum absolute atomic E-state index is 11.9. The molecule has 8 nitrogen and oxygen atoms in total. The lowest BCUT2D eigenvalue weighted by Gasteiger charge is -2.08. The number of pyridine rings is 1. The summed E-state index contributed by atoms with van der Waals surface area (Å²) in [7, 11) is 0. The molecule has 0 aliphatic heterocycles. The highest BCUT2D eigenvalue weighted by Crippen LogP contribution is 2.48. The number of hydrogen-bond donors (Lipinski definition) is 3. The van der Waals surface area contributed by atoms with E-state index in [1.54, 1.807) is 30.3 Å². The first-order valence-electron chi connectivity index (χ1n) is 9.23. The number of rotatable bonds is 5. The van der Waals surface area contributed by atoms with E-state index in [1.807, 2.05) is 0 Å². The van der Waals surface area contributed by atoms with Gasteiger partial charge in [-0.05, 0) is 36.8 Å². The summed E-state index contributed by atoms with van der Waals surface area (Å²) in [5, 5.41) is 30.9. The Labute approximate surface area is 196 Å². The summed E-state index contributed by atoms with van der Waals surface area (Å²) >= 11 is 13.9. The lowest BCUT2D eigenvalue weighted by molar-refractivity contribution is -0.123. The van der Waals surface area contributed by atoms with Gasteiger partial charge in [-0.3, -0.25) is 4.79 Å². The lowest BCUT2D eigenvalue weighted by atomic mass is 9.98. The second-order valence-corrected chi connectivity index (χ2v) is 8.54. The van der Waals surface area contributed by atoms with E-state index < -0.39 is 12.0 Å². The van der Waals surface area contributed by atoms with E-state index in [4.69, 9.17) is 23.2 Å². The van der Waals surface area contributed by atoms with Gasteiger partial charge in [0, 0.05) is 27.4 Å². The van der Waals surface area contributed by atoms with Crippen LogP contribution in [0, 0.1) is 11.3 Å². The van der Waals surface area contributed by atoms with E-state index in [-0.39, 0.29) is 5.82 Å². The van der Waals surface area contributed by atoms with E-state index in [0.717, 1.165) is 0 Å². The Kier molecular flexibility index (Phi) is 6.21. The van der Waals surface area contributed by atoms with Gasteiger partial charge < -0.3 is 15.4 Å². The molecule has 4 rings (SSSR count). The van der Waals surface area contributed by atoms with Gasteiger partial charge in [0.25, 0.3) is 5.91 Å². The third-order valence-electron chi connectivity index (χ3n) is 4.51. The number of anilines is 1. The van der Waals surface area contributed by atoms with Gasteiger partial charge in [-0.25, -0.2) is 4.98 Å². The van der Waals surface area contributed by atoms with Crippen LogP contribution < -0.4 is 5.32 Å². The lowest BCUT2D eigenvalue weighted by Crippen LogP contribution is -2.24. The number of carbonyl (C=O) groups is 1. The largest absolute Gasteiger partial charge is 0.384 e.